The van der Waals surface area contributed by atoms with Crippen molar-refractivity contribution in [1.29, 1.82) is 0 Å². The van der Waals surface area contributed by atoms with Crippen LogP contribution in [0.25, 0.3) is 21.3 Å². The second-order valence-electron chi connectivity index (χ2n) is 5.60. The number of thiophene rings is 1. The molecule has 1 aliphatic heterocycles. The molecule has 6 heteroatoms. The number of pyridine rings is 1. The second kappa shape index (κ2) is 6.30. The fourth-order valence-corrected chi connectivity index (χ4v) is 3.84. The van der Waals surface area contributed by atoms with Gasteiger partial charge in [0.05, 0.1) is 18.1 Å². The van der Waals surface area contributed by atoms with Crippen LogP contribution in [-0.4, -0.2) is 42.1 Å². The Balaban J connectivity index is 1.74. The molecular formula is C18H15FN2O2S. The van der Waals surface area contributed by atoms with Gasteiger partial charge in [-0.05, 0) is 35.4 Å². The molecule has 122 valence electrons. The molecular weight excluding hydrogens is 327 g/mol. The molecule has 0 aliphatic carbocycles. The quantitative estimate of drug-likeness (QED) is 0.715. The highest BCUT2D eigenvalue weighted by Crippen LogP contribution is 2.33. The van der Waals surface area contributed by atoms with E-state index in [1.165, 1.54) is 23.5 Å². The number of carbonyl (C=O) groups is 1. The smallest absolute Gasteiger partial charge is 0.264 e. The van der Waals surface area contributed by atoms with Crippen molar-refractivity contribution in [2.24, 2.45) is 0 Å². The lowest BCUT2D eigenvalue weighted by molar-refractivity contribution is 0.0306. The van der Waals surface area contributed by atoms with Crippen LogP contribution in [0.4, 0.5) is 4.39 Å². The molecule has 1 saturated heterocycles. The Morgan fingerprint density at radius 3 is 2.67 bits per heavy atom. The predicted octanol–water partition coefficient (Wildman–Crippen LogP) is 3.57. The van der Waals surface area contributed by atoms with Gasteiger partial charge in [0.2, 0.25) is 0 Å². The fourth-order valence-electron chi connectivity index (χ4n) is 2.85. The van der Waals surface area contributed by atoms with Gasteiger partial charge in [-0.15, -0.1) is 11.3 Å². The number of carbonyl (C=O) groups excluding carboxylic acids is 1. The average Bonchev–Trinajstić information content (AvgIpc) is 3.07. The molecule has 3 aromatic rings. The number of hydrogen-bond acceptors (Lipinski definition) is 4. The molecule has 0 unspecified atom stereocenters. The van der Waals surface area contributed by atoms with E-state index in [4.69, 9.17) is 4.74 Å². The molecule has 0 radical (unpaired) electrons. The zero-order valence-corrected chi connectivity index (χ0v) is 13.7. The summed E-state index contributed by atoms with van der Waals surface area (Å²) in [5.41, 5.74) is 1.87. The van der Waals surface area contributed by atoms with E-state index in [0.717, 1.165) is 21.3 Å². The summed E-state index contributed by atoms with van der Waals surface area (Å²) in [6.45, 7) is 2.39. The van der Waals surface area contributed by atoms with Crippen LogP contribution in [0, 0.1) is 5.82 Å². The predicted molar refractivity (Wildman–Crippen MR) is 91.7 cm³/mol. The first kappa shape index (κ1) is 15.2. The Labute approximate surface area is 142 Å². The molecule has 0 spiro atoms. The first-order valence-electron chi connectivity index (χ1n) is 7.74. The Morgan fingerprint density at radius 2 is 1.92 bits per heavy atom. The topological polar surface area (TPSA) is 42.4 Å². The van der Waals surface area contributed by atoms with E-state index in [2.05, 4.69) is 4.98 Å². The number of morpholine rings is 1. The van der Waals surface area contributed by atoms with Crippen molar-refractivity contribution in [2.75, 3.05) is 26.3 Å². The summed E-state index contributed by atoms with van der Waals surface area (Å²) < 4.78 is 18.5. The summed E-state index contributed by atoms with van der Waals surface area (Å²) in [5.74, 6) is -0.246. The Morgan fingerprint density at radius 1 is 1.17 bits per heavy atom. The number of ether oxygens (including phenoxy) is 1. The molecule has 1 amide bonds. The van der Waals surface area contributed by atoms with Gasteiger partial charge in [0.25, 0.3) is 5.91 Å². The van der Waals surface area contributed by atoms with E-state index in [1.54, 1.807) is 18.3 Å². The van der Waals surface area contributed by atoms with Gasteiger partial charge in [0, 0.05) is 24.7 Å². The van der Waals surface area contributed by atoms with Crippen molar-refractivity contribution in [2.45, 2.75) is 0 Å². The van der Waals surface area contributed by atoms with Gasteiger partial charge in [-0.25, -0.2) is 9.37 Å². The van der Waals surface area contributed by atoms with E-state index in [-0.39, 0.29) is 11.7 Å². The number of nitrogens with zero attached hydrogens (tertiary/aromatic N) is 2. The van der Waals surface area contributed by atoms with Gasteiger partial charge in [-0.3, -0.25) is 4.79 Å². The monoisotopic (exact) mass is 342 g/mol. The van der Waals surface area contributed by atoms with Crippen LogP contribution in [0.3, 0.4) is 0 Å². The molecule has 3 heterocycles. The SMILES string of the molecule is O=C(c1cc2c(-c3ccc(F)cc3)ccnc2s1)N1CCOCC1. The molecule has 4 rings (SSSR count). The highest BCUT2D eigenvalue weighted by molar-refractivity contribution is 7.20. The minimum atomic E-state index is -0.266. The maximum absolute atomic E-state index is 13.2. The third-order valence-electron chi connectivity index (χ3n) is 4.10. The fraction of sp³-hybridized carbons (Fsp3) is 0.222. The first-order valence-corrected chi connectivity index (χ1v) is 8.55. The number of amides is 1. The lowest BCUT2D eigenvalue weighted by Gasteiger charge is -2.26. The number of aromatic nitrogens is 1. The van der Waals surface area contributed by atoms with Gasteiger partial charge in [-0.2, -0.15) is 0 Å². The van der Waals surface area contributed by atoms with E-state index in [1.807, 2.05) is 17.0 Å². The number of benzene rings is 1. The second-order valence-corrected chi connectivity index (χ2v) is 6.63. The number of fused-ring (bicyclic) bond motifs is 1. The number of rotatable bonds is 2. The summed E-state index contributed by atoms with van der Waals surface area (Å²) in [4.78, 5) is 20.3. The van der Waals surface area contributed by atoms with Crippen LogP contribution >= 0.6 is 11.3 Å². The maximum Gasteiger partial charge on any atom is 0.264 e. The van der Waals surface area contributed by atoms with E-state index >= 15 is 0 Å². The molecule has 0 bridgehead atoms. The lowest BCUT2D eigenvalue weighted by Crippen LogP contribution is -2.40. The third-order valence-corrected chi connectivity index (χ3v) is 5.13. The zero-order chi connectivity index (χ0) is 16.5. The summed E-state index contributed by atoms with van der Waals surface area (Å²) in [7, 11) is 0. The third kappa shape index (κ3) is 2.79. The normalized spacial score (nSPS) is 15.0. The summed E-state index contributed by atoms with van der Waals surface area (Å²) in [5, 5.41) is 0.922. The van der Waals surface area contributed by atoms with Crippen molar-refractivity contribution in [3.8, 4) is 11.1 Å². The highest BCUT2D eigenvalue weighted by Gasteiger charge is 2.21. The molecule has 1 aromatic carbocycles. The Bertz CT molecular complexity index is 886. The van der Waals surface area contributed by atoms with Gasteiger partial charge in [0.1, 0.15) is 10.6 Å². The standard InChI is InChI=1S/C18H15FN2O2S/c19-13-3-1-12(2-4-13)14-5-6-20-17-15(14)11-16(24-17)18(22)21-7-9-23-10-8-21/h1-6,11H,7-10H2. The van der Waals surface area contributed by atoms with E-state index < -0.39 is 0 Å². The van der Waals surface area contributed by atoms with Gasteiger partial charge in [0.15, 0.2) is 0 Å². The molecule has 2 aromatic heterocycles. The Kier molecular flexibility index (Phi) is 4.00. The molecule has 1 aliphatic rings. The molecule has 4 nitrogen and oxygen atoms in total. The largest absolute Gasteiger partial charge is 0.378 e. The van der Waals surface area contributed by atoms with Crippen LogP contribution in [0.2, 0.25) is 0 Å². The van der Waals surface area contributed by atoms with Gasteiger partial charge < -0.3 is 9.64 Å². The Hall–Kier alpha value is -2.31. The summed E-state index contributed by atoms with van der Waals surface area (Å²) >= 11 is 1.39. The van der Waals surface area contributed by atoms with Crippen molar-refractivity contribution >= 4 is 27.5 Å². The van der Waals surface area contributed by atoms with Crippen LogP contribution in [0.5, 0.6) is 0 Å². The lowest BCUT2D eigenvalue weighted by atomic mass is 10.0. The minimum Gasteiger partial charge on any atom is -0.378 e. The van der Waals surface area contributed by atoms with Crippen LogP contribution in [-0.2, 0) is 4.74 Å². The van der Waals surface area contributed by atoms with Gasteiger partial charge >= 0.3 is 0 Å². The van der Waals surface area contributed by atoms with Crippen LogP contribution in [0.1, 0.15) is 9.67 Å². The van der Waals surface area contributed by atoms with Crippen molar-refractivity contribution in [3.63, 3.8) is 0 Å². The molecule has 24 heavy (non-hydrogen) atoms. The summed E-state index contributed by atoms with van der Waals surface area (Å²) in [6, 6.07) is 10.1. The minimum absolute atomic E-state index is 0.0198. The van der Waals surface area contributed by atoms with Crippen molar-refractivity contribution in [1.82, 2.24) is 9.88 Å². The first-order chi connectivity index (χ1) is 11.7. The molecule has 0 saturated carbocycles. The highest BCUT2D eigenvalue weighted by atomic mass is 32.1. The molecule has 0 atom stereocenters. The number of halogens is 1. The van der Waals surface area contributed by atoms with Gasteiger partial charge in [-0.1, -0.05) is 12.1 Å². The van der Waals surface area contributed by atoms with E-state index in [0.29, 0.717) is 31.2 Å². The molecule has 0 N–H and O–H groups in total. The molecule has 1 fully saturated rings. The maximum atomic E-state index is 13.2. The van der Waals surface area contributed by atoms with Crippen LogP contribution in [0.15, 0.2) is 42.6 Å². The zero-order valence-electron chi connectivity index (χ0n) is 12.9. The number of hydrogen-bond donors (Lipinski definition) is 0. The van der Waals surface area contributed by atoms with Crippen molar-refractivity contribution < 1.29 is 13.9 Å². The van der Waals surface area contributed by atoms with Crippen LogP contribution < -0.4 is 0 Å². The van der Waals surface area contributed by atoms with Crippen molar-refractivity contribution in [3.05, 3.63) is 53.3 Å². The average molecular weight is 342 g/mol. The summed E-state index contributed by atoms with van der Waals surface area (Å²) in [6.07, 6.45) is 1.72. The van der Waals surface area contributed by atoms with E-state index in [9.17, 15) is 9.18 Å².